The molecule has 2 aromatic rings. The van der Waals surface area contributed by atoms with Crippen LogP contribution in [0.4, 0.5) is 14.6 Å². The van der Waals surface area contributed by atoms with Crippen molar-refractivity contribution < 1.29 is 13.5 Å². The standard InChI is InChI=1S/C15H16F2N2O/c1-15(2,3)19-13-5-4-6-14(18-13)20-10-7-8-11(16)12(17)9-10/h4-9H,1-3H3,(H,18,19). The molecule has 20 heavy (non-hydrogen) atoms. The maximum absolute atomic E-state index is 13.1. The number of anilines is 1. The Morgan fingerprint density at radius 1 is 1.05 bits per heavy atom. The van der Waals surface area contributed by atoms with E-state index in [1.165, 1.54) is 6.07 Å². The van der Waals surface area contributed by atoms with Gasteiger partial charge in [0, 0.05) is 17.7 Å². The molecule has 0 amide bonds. The number of benzene rings is 1. The van der Waals surface area contributed by atoms with E-state index in [0.717, 1.165) is 12.1 Å². The van der Waals surface area contributed by atoms with E-state index in [-0.39, 0.29) is 11.3 Å². The fourth-order valence-corrected chi connectivity index (χ4v) is 1.59. The van der Waals surface area contributed by atoms with Crippen molar-refractivity contribution >= 4 is 5.82 Å². The van der Waals surface area contributed by atoms with E-state index in [4.69, 9.17) is 4.74 Å². The predicted molar refractivity (Wildman–Crippen MR) is 74.0 cm³/mol. The third-order valence-electron chi connectivity index (χ3n) is 2.34. The van der Waals surface area contributed by atoms with Crippen LogP contribution >= 0.6 is 0 Å². The number of pyridine rings is 1. The fourth-order valence-electron chi connectivity index (χ4n) is 1.59. The van der Waals surface area contributed by atoms with Gasteiger partial charge in [-0.25, -0.2) is 8.78 Å². The van der Waals surface area contributed by atoms with E-state index < -0.39 is 11.6 Å². The molecule has 1 N–H and O–H groups in total. The van der Waals surface area contributed by atoms with Gasteiger partial charge in [-0.2, -0.15) is 4.98 Å². The maximum Gasteiger partial charge on any atom is 0.221 e. The maximum atomic E-state index is 13.1. The number of ether oxygens (including phenoxy) is 1. The minimum Gasteiger partial charge on any atom is -0.439 e. The summed E-state index contributed by atoms with van der Waals surface area (Å²) < 4.78 is 31.3. The summed E-state index contributed by atoms with van der Waals surface area (Å²) in [5.74, 6) is -0.702. The fraction of sp³-hybridized carbons (Fsp3) is 0.267. The molecule has 0 aliphatic rings. The van der Waals surface area contributed by atoms with Crippen molar-refractivity contribution in [1.82, 2.24) is 4.98 Å². The Hall–Kier alpha value is -2.17. The number of rotatable bonds is 3. The number of hydrogen-bond acceptors (Lipinski definition) is 3. The predicted octanol–water partition coefficient (Wildman–Crippen LogP) is 4.36. The molecule has 0 saturated carbocycles. The SMILES string of the molecule is CC(C)(C)Nc1cccc(Oc2ccc(F)c(F)c2)n1. The number of hydrogen-bond donors (Lipinski definition) is 1. The molecular formula is C15H16F2N2O. The van der Waals surface area contributed by atoms with E-state index in [1.54, 1.807) is 12.1 Å². The third kappa shape index (κ3) is 3.91. The minimum absolute atomic E-state index is 0.131. The molecule has 0 fully saturated rings. The largest absolute Gasteiger partial charge is 0.439 e. The van der Waals surface area contributed by atoms with Crippen LogP contribution in [-0.2, 0) is 0 Å². The van der Waals surface area contributed by atoms with Crippen LogP contribution < -0.4 is 10.1 Å². The highest BCUT2D eigenvalue weighted by atomic mass is 19.2. The van der Waals surface area contributed by atoms with E-state index in [2.05, 4.69) is 10.3 Å². The van der Waals surface area contributed by atoms with Crippen LogP contribution in [0.3, 0.4) is 0 Å². The van der Waals surface area contributed by atoms with Crippen molar-refractivity contribution in [3.63, 3.8) is 0 Å². The van der Waals surface area contributed by atoms with E-state index in [0.29, 0.717) is 11.7 Å². The molecule has 1 heterocycles. The molecule has 0 atom stereocenters. The number of aromatic nitrogens is 1. The van der Waals surface area contributed by atoms with E-state index in [1.807, 2.05) is 26.8 Å². The highest BCUT2D eigenvalue weighted by molar-refractivity contribution is 5.40. The number of nitrogens with zero attached hydrogens (tertiary/aromatic N) is 1. The molecule has 106 valence electrons. The van der Waals surface area contributed by atoms with Gasteiger partial charge in [0.05, 0.1) is 0 Å². The van der Waals surface area contributed by atoms with Gasteiger partial charge in [-0.05, 0) is 39.0 Å². The lowest BCUT2D eigenvalue weighted by molar-refractivity contribution is 0.447. The molecule has 0 radical (unpaired) electrons. The summed E-state index contributed by atoms with van der Waals surface area (Å²) in [6.07, 6.45) is 0. The van der Waals surface area contributed by atoms with Crippen LogP contribution in [0.25, 0.3) is 0 Å². The lowest BCUT2D eigenvalue weighted by Crippen LogP contribution is -2.26. The van der Waals surface area contributed by atoms with Gasteiger partial charge in [0.25, 0.3) is 0 Å². The first-order valence-electron chi connectivity index (χ1n) is 6.22. The summed E-state index contributed by atoms with van der Waals surface area (Å²) in [6, 6.07) is 8.58. The summed E-state index contributed by atoms with van der Waals surface area (Å²) in [5, 5.41) is 3.20. The zero-order chi connectivity index (χ0) is 14.8. The molecule has 0 aliphatic carbocycles. The normalized spacial score (nSPS) is 11.2. The van der Waals surface area contributed by atoms with Crippen molar-refractivity contribution in [3.8, 4) is 11.6 Å². The average Bonchev–Trinajstić information content (AvgIpc) is 2.32. The second kappa shape index (κ2) is 5.45. The van der Waals surface area contributed by atoms with Crippen LogP contribution in [0.1, 0.15) is 20.8 Å². The monoisotopic (exact) mass is 278 g/mol. The van der Waals surface area contributed by atoms with E-state index in [9.17, 15) is 8.78 Å². The molecule has 0 spiro atoms. The van der Waals surface area contributed by atoms with Gasteiger partial charge in [0.15, 0.2) is 11.6 Å². The zero-order valence-electron chi connectivity index (χ0n) is 11.6. The van der Waals surface area contributed by atoms with Gasteiger partial charge in [0.2, 0.25) is 5.88 Å². The quantitative estimate of drug-likeness (QED) is 0.905. The topological polar surface area (TPSA) is 34.1 Å². The summed E-state index contributed by atoms with van der Waals surface area (Å²) in [4.78, 5) is 4.26. The Morgan fingerprint density at radius 2 is 1.80 bits per heavy atom. The van der Waals surface area contributed by atoms with Crippen LogP contribution in [0, 0.1) is 11.6 Å². The Morgan fingerprint density at radius 3 is 2.45 bits per heavy atom. The summed E-state index contributed by atoms with van der Waals surface area (Å²) >= 11 is 0. The smallest absolute Gasteiger partial charge is 0.221 e. The Labute approximate surface area is 116 Å². The highest BCUT2D eigenvalue weighted by Gasteiger charge is 2.11. The first kappa shape index (κ1) is 14.2. The lowest BCUT2D eigenvalue weighted by atomic mass is 10.1. The van der Waals surface area contributed by atoms with Gasteiger partial charge in [-0.1, -0.05) is 6.07 Å². The first-order chi connectivity index (χ1) is 9.33. The highest BCUT2D eigenvalue weighted by Crippen LogP contribution is 2.23. The Bertz CT molecular complexity index is 609. The van der Waals surface area contributed by atoms with Gasteiger partial charge in [0.1, 0.15) is 11.6 Å². The molecule has 2 rings (SSSR count). The molecule has 1 aromatic carbocycles. The molecule has 5 heteroatoms. The molecule has 0 saturated heterocycles. The summed E-state index contributed by atoms with van der Waals surface area (Å²) in [6.45, 7) is 6.03. The molecule has 3 nitrogen and oxygen atoms in total. The molecule has 0 bridgehead atoms. The number of nitrogens with one attached hydrogen (secondary N) is 1. The van der Waals surface area contributed by atoms with Crippen molar-refractivity contribution in [2.45, 2.75) is 26.3 Å². The van der Waals surface area contributed by atoms with Crippen LogP contribution in [-0.4, -0.2) is 10.5 Å². The minimum atomic E-state index is -0.952. The molecule has 0 aliphatic heterocycles. The lowest BCUT2D eigenvalue weighted by Gasteiger charge is -2.21. The van der Waals surface area contributed by atoms with Gasteiger partial charge in [-0.15, -0.1) is 0 Å². The van der Waals surface area contributed by atoms with Crippen molar-refractivity contribution in [1.29, 1.82) is 0 Å². The van der Waals surface area contributed by atoms with Crippen LogP contribution in [0.2, 0.25) is 0 Å². The van der Waals surface area contributed by atoms with Crippen LogP contribution in [0.5, 0.6) is 11.6 Å². The third-order valence-corrected chi connectivity index (χ3v) is 2.34. The van der Waals surface area contributed by atoms with Crippen molar-refractivity contribution in [3.05, 3.63) is 48.0 Å². The summed E-state index contributed by atoms with van der Waals surface area (Å²) in [7, 11) is 0. The Kier molecular flexibility index (Phi) is 3.88. The summed E-state index contributed by atoms with van der Waals surface area (Å²) in [5.41, 5.74) is -0.131. The van der Waals surface area contributed by atoms with Gasteiger partial charge >= 0.3 is 0 Å². The second-order valence-corrected chi connectivity index (χ2v) is 5.41. The first-order valence-corrected chi connectivity index (χ1v) is 6.22. The Balaban J connectivity index is 2.17. The second-order valence-electron chi connectivity index (χ2n) is 5.41. The van der Waals surface area contributed by atoms with E-state index >= 15 is 0 Å². The average molecular weight is 278 g/mol. The van der Waals surface area contributed by atoms with Crippen molar-refractivity contribution in [2.75, 3.05) is 5.32 Å². The zero-order valence-corrected chi connectivity index (χ0v) is 11.6. The molecule has 1 aromatic heterocycles. The van der Waals surface area contributed by atoms with Crippen molar-refractivity contribution in [2.24, 2.45) is 0 Å². The number of halogens is 2. The molecule has 0 unspecified atom stereocenters. The van der Waals surface area contributed by atoms with Gasteiger partial charge in [-0.3, -0.25) is 0 Å². The van der Waals surface area contributed by atoms with Gasteiger partial charge < -0.3 is 10.1 Å². The van der Waals surface area contributed by atoms with Crippen LogP contribution in [0.15, 0.2) is 36.4 Å². The molecular weight excluding hydrogens is 262 g/mol.